The zero-order valence-corrected chi connectivity index (χ0v) is 12.9. The molecular weight excluding hydrogens is 278 g/mol. The number of hydrogen-bond donors (Lipinski definition) is 2. The average molecular weight is 303 g/mol. The highest BCUT2D eigenvalue weighted by Gasteiger charge is 2.37. The van der Waals surface area contributed by atoms with Crippen molar-refractivity contribution in [3.8, 4) is 0 Å². The molecule has 2 fully saturated rings. The van der Waals surface area contributed by atoms with E-state index in [2.05, 4.69) is 5.32 Å². The van der Waals surface area contributed by atoms with Gasteiger partial charge >= 0.3 is 0 Å². The predicted octanol–water partition coefficient (Wildman–Crippen LogP) is 0.0457. The molecule has 2 aliphatic rings. The monoisotopic (exact) mass is 303 g/mol. The Kier molecular flexibility index (Phi) is 4.71. The lowest BCUT2D eigenvalue weighted by Gasteiger charge is -2.37. The topological polar surface area (TPSA) is 92.5 Å². The minimum absolute atomic E-state index is 0.0358. The average Bonchev–Trinajstić information content (AvgIpc) is 2.68. The number of carbonyl (C=O) groups is 1. The van der Waals surface area contributed by atoms with Crippen molar-refractivity contribution in [1.29, 1.82) is 0 Å². The van der Waals surface area contributed by atoms with Gasteiger partial charge in [0.1, 0.15) is 0 Å². The van der Waals surface area contributed by atoms with Gasteiger partial charge in [0.25, 0.3) is 0 Å². The van der Waals surface area contributed by atoms with E-state index in [1.165, 1.54) is 4.31 Å². The van der Waals surface area contributed by atoms with Crippen LogP contribution in [0.1, 0.15) is 39.0 Å². The third-order valence-electron chi connectivity index (χ3n) is 4.43. The van der Waals surface area contributed by atoms with E-state index < -0.39 is 15.6 Å². The van der Waals surface area contributed by atoms with E-state index in [-0.39, 0.29) is 17.6 Å². The van der Waals surface area contributed by atoms with E-state index >= 15 is 0 Å². The summed E-state index contributed by atoms with van der Waals surface area (Å²) in [5.41, 5.74) is 5.75. The SMILES string of the molecule is CC1(N)CCCCC1C(=O)NCCN1CCCS1(=O)=O. The molecule has 0 aromatic rings. The molecule has 0 aromatic heterocycles. The van der Waals surface area contributed by atoms with Crippen molar-refractivity contribution < 1.29 is 13.2 Å². The molecule has 0 radical (unpaired) electrons. The summed E-state index contributed by atoms with van der Waals surface area (Å²) in [6.45, 7) is 3.23. The number of hydrogen-bond acceptors (Lipinski definition) is 4. The van der Waals surface area contributed by atoms with Gasteiger partial charge in [0.2, 0.25) is 15.9 Å². The molecule has 6 nitrogen and oxygen atoms in total. The first kappa shape index (κ1) is 15.7. The van der Waals surface area contributed by atoms with Gasteiger partial charge in [-0.3, -0.25) is 4.79 Å². The minimum Gasteiger partial charge on any atom is -0.354 e. The number of rotatable bonds is 4. The summed E-state index contributed by atoms with van der Waals surface area (Å²) in [6.07, 6.45) is 4.47. The van der Waals surface area contributed by atoms with E-state index in [0.29, 0.717) is 26.1 Å². The molecule has 0 spiro atoms. The van der Waals surface area contributed by atoms with Gasteiger partial charge in [0.05, 0.1) is 11.7 Å². The molecule has 1 aliphatic heterocycles. The first-order valence-electron chi connectivity index (χ1n) is 7.37. The predicted molar refractivity (Wildman–Crippen MR) is 77.5 cm³/mol. The van der Waals surface area contributed by atoms with Crippen molar-refractivity contribution in [1.82, 2.24) is 9.62 Å². The van der Waals surface area contributed by atoms with Gasteiger partial charge in [0.15, 0.2) is 0 Å². The summed E-state index contributed by atoms with van der Waals surface area (Å²) in [4.78, 5) is 12.2. The molecule has 3 N–H and O–H groups in total. The Morgan fingerprint density at radius 1 is 1.40 bits per heavy atom. The lowest BCUT2D eigenvalue weighted by atomic mass is 9.74. The number of nitrogens with zero attached hydrogens (tertiary/aromatic N) is 1. The summed E-state index contributed by atoms with van der Waals surface area (Å²) in [6, 6.07) is 0. The molecule has 0 aromatic carbocycles. The Bertz CT molecular complexity index is 461. The van der Waals surface area contributed by atoms with Crippen LogP contribution in [0.5, 0.6) is 0 Å². The maximum absolute atomic E-state index is 12.2. The number of carbonyl (C=O) groups excluding carboxylic acids is 1. The van der Waals surface area contributed by atoms with Gasteiger partial charge in [-0.25, -0.2) is 12.7 Å². The first-order chi connectivity index (χ1) is 9.33. The van der Waals surface area contributed by atoms with Crippen LogP contribution in [0.15, 0.2) is 0 Å². The molecule has 20 heavy (non-hydrogen) atoms. The number of sulfonamides is 1. The van der Waals surface area contributed by atoms with Crippen LogP contribution in [0.2, 0.25) is 0 Å². The smallest absolute Gasteiger partial charge is 0.225 e. The largest absolute Gasteiger partial charge is 0.354 e. The maximum Gasteiger partial charge on any atom is 0.225 e. The second-order valence-electron chi connectivity index (χ2n) is 6.16. The van der Waals surface area contributed by atoms with E-state index in [1.54, 1.807) is 0 Å². The Hall–Kier alpha value is -0.660. The normalized spacial score (nSPS) is 34.0. The van der Waals surface area contributed by atoms with Gasteiger partial charge in [-0.15, -0.1) is 0 Å². The van der Waals surface area contributed by atoms with Crippen LogP contribution >= 0.6 is 0 Å². The highest BCUT2D eigenvalue weighted by atomic mass is 32.2. The molecule has 116 valence electrons. The zero-order chi connectivity index (χ0) is 14.8. The first-order valence-corrected chi connectivity index (χ1v) is 8.98. The minimum atomic E-state index is -3.08. The summed E-state index contributed by atoms with van der Waals surface area (Å²) in [7, 11) is -3.08. The van der Waals surface area contributed by atoms with Crippen molar-refractivity contribution in [2.75, 3.05) is 25.4 Å². The Morgan fingerprint density at radius 3 is 2.75 bits per heavy atom. The third kappa shape index (κ3) is 3.51. The number of nitrogens with two attached hydrogens (primary N) is 1. The molecule has 1 saturated carbocycles. The molecular formula is C13H25N3O3S. The molecule has 1 saturated heterocycles. The third-order valence-corrected chi connectivity index (χ3v) is 6.39. The fourth-order valence-electron chi connectivity index (χ4n) is 3.16. The van der Waals surface area contributed by atoms with Gasteiger partial charge < -0.3 is 11.1 Å². The Labute approximate surface area is 121 Å². The standard InChI is InChI=1S/C13H25N3O3S/c1-13(14)6-3-2-5-11(13)12(17)15-7-9-16-8-4-10-20(16,18)19/h11H,2-10,14H2,1H3,(H,15,17). The summed E-state index contributed by atoms with van der Waals surface area (Å²) in [5.74, 6) is 0.0301. The van der Waals surface area contributed by atoms with Gasteiger partial charge in [0, 0.05) is 25.2 Å². The van der Waals surface area contributed by atoms with Crippen LogP contribution in [0.4, 0.5) is 0 Å². The van der Waals surface area contributed by atoms with Crippen LogP contribution in [0.3, 0.4) is 0 Å². The lowest BCUT2D eigenvalue weighted by Crippen LogP contribution is -2.53. The second-order valence-corrected chi connectivity index (χ2v) is 8.25. The summed E-state index contributed by atoms with van der Waals surface area (Å²) in [5, 5.41) is 2.85. The van der Waals surface area contributed by atoms with E-state index in [0.717, 1.165) is 25.7 Å². The number of nitrogens with one attached hydrogen (secondary N) is 1. The molecule has 0 bridgehead atoms. The van der Waals surface area contributed by atoms with Gasteiger partial charge in [-0.05, 0) is 26.2 Å². The van der Waals surface area contributed by atoms with E-state index in [1.807, 2.05) is 6.92 Å². The van der Waals surface area contributed by atoms with Crippen LogP contribution < -0.4 is 11.1 Å². The molecule has 7 heteroatoms. The lowest BCUT2D eigenvalue weighted by molar-refractivity contribution is -0.128. The Balaban J connectivity index is 1.80. The fraction of sp³-hybridized carbons (Fsp3) is 0.923. The fourth-order valence-corrected chi connectivity index (χ4v) is 4.69. The molecule has 1 amide bonds. The van der Waals surface area contributed by atoms with Crippen molar-refractivity contribution in [3.05, 3.63) is 0 Å². The van der Waals surface area contributed by atoms with E-state index in [4.69, 9.17) is 5.73 Å². The highest BCUT2D eigenvalue weighted by molar-refractivity contribution is 7.89. The van der Waals surface area contributed by atoms with Crippen molar-refractivity contribution >= 4 is 15.9 Å². The highest BCUT2D eigenvalue weighted by Crippen LogP contribution is 2.31. The second kappa shape index (κ2) is 5.99. The molecule has 2 rings (SSSR count). The number of amides is 1. The quantitative estimate of drug-likeness (QED) is 0.767. The van der Waals surface area contributed by atoms with Crippen molar-refractivity contribution in [2.45, 2.75) is 44.6 Å². The molecule has 1 aliphatic carbocycles. The Morgan fingerprint density at radius 2 is 2.15 bits per heavy atom. The van der Waals surface area contributed by atoms with Crippen molar-refractivity contribution in [3.63, 3.8) is 0 Å². The van der Waals surface area contributed by atoms with Crippen LogP contribution in [-0.2, 0) is 14.8 Å². The molecule has 2 atom stereocenters. The summed E-state index contributed by atoms with van der Waals surface area (Å²) >= 11 is 0. The van der Waals surface area contributed by atoms with Gasteiger partial charge in [-0.2, -0.15) is 0 Å². The molecule has 1 heterocycles. The van der Waals surface area contributed by atoms with Gasteiger partial charge in [-0.1, -0.05) is 12.8 Å². The van der Waals surface area contributed by atoms with E-state index in [9.17, 15) is 13.2 Å². The maximum atomic E-state index is 12.2. The van der Waals surface area contributed by atoms with Crippen LogP contribution in [0.25, 0.3) is 0 Å². The van der Waals surface area contributed by atoms with Crippen LogP contribution in [0, 0.1) is 5.92 Å². The summed E-state index contributed by atoms with van der Waals surface area (Å²) < 4.78 is 24.7. The van der Waals surface area contributed by atoms with Crippen LogP contribution in [-0.4, -0.2) is 49.6 Å². The van der Waals surface area contributed by atoms with Crippen molar-refractivity contribution in [2.24, 2.45) is 11.7 Å². The molecule has 2 unspecified atom stereocenters. The zero-order valence-electron chi connectivity index (χ0n) is 12.1.